The summed E-state index contributed by atoms with van der Waals surface area (Å²) in [5, 5.41) is 10.8. The highest BCUT2D eigenvalue weighted by molar-refractivity contribution is 8.00. The summed E-state index contributed by atoms with van der Waals surface area (Å²) in [6.07, 6.45) is 1.62. The van der Waals surface area contributed by atoms with Crippen molar-refractivity contribution in [1.29, 1.82) is 0 Å². The molecule has 1 N–H and O–H groups in total. The lowest BCUT2D eigenvalue weighted by atomic mass is 10.2. The van der Waals surface area contributed by atoms with Crippen LogP contribution in [0.2, 0.25) is 0 Å². The summed E-state index contributed by atoms with van der Waals surface area (Å²) in [7, 11) is 0. The molecular weight excluding hydrogens is 339 g/mol. The second kappa shape index (κ2) is 7.48. The van der Waals surface area contributed by atoms with Gasteiger partial charge in [-0.15, -0.1) is 10.2 Å². The van der Waals surface area contributed by atoms with Gasteiger partial charge in [0.25, 0.3) is 0 Å². The number of rotatable bonds is 5. The minimum atomic E-state index is -0.466. The minimum absolute atomic E-state index is 0.167. The number of aryl methyl sites for hydroxylation is 1. The number of amides is 1. The molecule has 1 atom stereocenters. The topological polar surface area (TPSA) is 59.8 Å². The third-order valence-corrected chi connectivity index (χ3v) is 4.73. The van der Waals surface area contributed by atoms with Crippen molar-refractivity contribution >= 4 is 23.4 Å². The number of nitrogens with one attached hydrogen (secondary N) is 1. The van der Waals surface area contributed by atoms with Crippen molar-refractivity contribution < 1.29 is 9.18 Å². The van der Waals surface area contributed by atoms with E-state index in [4.69, 9.17) is 0 Å². The first-order valence-corrected chi connectivity index (χ1v) is 8.62. The lowest BCUT2D eigenvalue weighted by molar-refractivity contribution is -0.115. The molecule has 2 aromatic carbocycles. The second-order valence-corrected chi connectivity index (χ2v) is 6.81. The van der Waals surface area contributed by atoms with E-state index in [2.05, 4.69) is 15.5 Å². The molecule has 1 aromatic heterocycles. The number of hydrogen-bond acceptors (Lipinski definition) is 4. The van der Waals surface area contributed by atoms with Gasteiger partial charge in [0, 0.05) is 0 Å². The van der Waals surface area contributed by atoms with Crippen LogP contribution in [0.25, 0.3) is 5.69 Å². The van der Waals surface area contributed by atoms with E-state index in [1.54, 1.807) is 25.4 Å². The summed E-state index contributed by atoms with van der Waals surface area (Å²) in [5.41, 5.74) is 2.20. The largest absolute Gasteiger partial charge is 0.323 e. The van der Waals surface area contributed by atoms with E-state index >= 15 is 0 Å². The zero-order valence-corrected chi connectivity index (χ0v) is 14.6. The van der Waals surface area contributed by atoms with E-state index < -0.39 is 11.1 Å². The van der Waals surface area contributed by atoms with E-state index in [0.717, 1.165) is 11.3 Å². The van der Waals surface area contributed by atoms with Gasteiger partial charge in [-0.25, -0.2) is 4.39 Å². The predicted molar refractivity (Wildman–Crippen MR) is 96.4 cm³/mol. The van der Waals surface area contributed by atoms with Crippen LogP contribution >= 0.6 is 11.8 Å². The van der Waals surface area contributed by atoms with Crippen LogP contribution in [0, 0.1) is 12.7 Å². The van der Waals surface area contributed by atoms with E-state index in [1.807, 2.05) is 35.8 Å². The van der Waals surface area contributed by atoms with E-state index in [0.29, 0.717) is 5.16 Å². The fourth-order valence-electron chi connectivity index (χ4n) is 2.31. The van der Waals surface area contributed by atoms with Crippen LogP contribution in [0.15, 0.2) is 60.0 Å². The lowest BCUT2D eigenvalue weighted by Crippen LogP contribution is -2.23. The summed E-state index contributed by atoms with van der Waals surface area (Å²) in [5.74, 6) is -0.759. The second-order valence-electron chi connectivity index (χ2n) is 5.50. The molecule has 1 unspecified atom stereocenters. The maximum absolute atomic E-state index is 13.7. The molecule has 3 rings (SSSR count). The van der Waals surface area contributed by atoms with Gasteiger partial charge >= 0.3 is 0 Å². The number of hydrogen-bond donors (Lipinski definition) is 1. The fraction of sp³-hybridized carbons (Fsp3) is 0.167. The zero-order valence-electron chi connectivity index (χ0n) is 13.8. The number of carbonyl (C=O) groups excluding carboxylic acids is 1. The van der Waals surface area contributed by atoms with Gasteiger partial charge in [0.05, 0.1) is 16.6 Å². The van der Waals surface area contributed by atoms with E-state index in [-0.39, 0.29) is 11.6 Å². The van der Waals surface area contributed by atoms with Gasteiger partial charge in [-0.3, -0.25) is 9.36 Å². The summed E-state index contributed by atoms with van der Waals surface area (Å²) >= 11 is 1.27. The Labute approximate surface area is 149 Å². The Hall–Kier alpha value is -2.67. The Morgan fingerprint density at radius 2 is 1.92 bits per heavy atom. The molecule has 25 heavy (non-hydrogen) atoms. The quantitative estimate of drug-likeness (QED) is 0.706. The van der Waals surface area contributed by atoms with Crippen molar-refractivity contribution in [2.24, 2.45) is 0 Å². The molecule has 3 aromatic rings. The van der Waals surface area contributed by atoms with E-state index in [1.165, 1.54) is 23.9 Å². The first kappa shape index (κ1) is 17.2. The van der Waals surface area contributed by atoms with Crippen LogP contribution in [-0.2, 0) is 4.79 Å². The third-order valence-electron chi connectivity index (χ3n) is 3.67. The average Bonchev–Trinajstić information content (AvgIpc) is 3.05. The average molecular weight is 356 g/mol. The zero-order chi connectivity index (χ0) is 17.8. The lowest BCUT2D eigenvalue weighted by Gasteiger charge is -2.13. The molecule has 1 heterocycles. The maximum atomic E-state index is 13.7. The molecule has 0 fully saturated rings. The highest BCUT2D eigenvalue weighted by Gasteiger charge is 2.19. The standard InChI is InChI=1S/C18H17FN4OS/c1-12-7-3-6-10-16(12)23-11-20-22-18(23)25-13(2)17(24)21-15-9-5-4-8-14(15)19/h3-11,13H,1-2H3,(H,21,24). The molecule has 0 radical (unpaired) electrons. The Kier molecular flexibility index (Phi) is 5.14. The third kappa shape index (κ3) is 3.88. The van der Waals surface area contributed by atoms with Crippen LogP contribution < -0.4 is 5.32 Å². The molecule has 128 valence electrons. The van der Waals surface area contributed by atoms with Gasteiger partial charge in [-0.2, -0.15) is 0 Å². The molecule has 0 aliphatic heterocycles. The fourth-order valence-corrected chi connectivity index (χ4v) is 3.15. The highest BCUT2D eigenvalue weighted by Crippen LogP contribution is 2.26. The van der Waals surface area contributed by atoms with Crippen LogP contribution in [0.3, 0.4) is 0 Å². The highest BCUT2D eigenvalue weighted by atomic mass is 32.2. The Balaban J connectivity index is 1.75. The summed E-state index contributed by atoms with van der Waals surface area (Å²) in [6.45, 7) is 3.75. The number of halogens is 1. The van der Waals surface area contributed by atoms with Crippen LogP contribution in [0.1, 0.15) is 12.5 Å². The number of nitrogens with zero attached hydrogens (tertiary/aromatic N) is 3. The van der Waals surface area contributed by atoms with Crippen molar-refractivity contribution in [1.82, 2.24) is 14.8 Å². The van der Waals surface area contributed by atoms with Crippen molar-refractivity contribution in [3.8, 4) is 5.69 Å². The summed E-state index contributed by atoms with van der Waals surface area (Å²) in [4.78, 5) is 12.3. The molecule has 0 spiro atoms. The number of benzene rings is 2. The molecule has 0 bridgehead atoms. The first-order chi connectivity index (χ1) is 12.1. The molecule has 0 aliphatic carbocycles. The van der Waals surface area contributed by atoms with Crippen LogP contribution in [-0.4, -0.2) is 25.9 Å². The van der Waals surface area contributed by atoms with Crippen molar-refractivity contribution in [3.63, 3.8) is 0 Å². The monoisotopic (exact) mass is 356 g/mol. The number of carbonyl (C=O) groups is 1. The van der Waals surface area contributed by atoms with Gasteiger partial charge in [-0.05, 0) is 37.6 Å². The number of anilines is 1. The van der Waals surface area contributed by atoms with E-state index in [9.17, 15) is 9.18 Å². The molecule has 0 aliphatic rings. The van der Waals surface area contributed by atoms with Crippen LogP contribution in [0.5, 0.6) is 0 Å². The molecule has 1 amide bonds. The number of aromatic nitrogens is 3. The van der Waals surface area contributed by atoms with Crippen LogP contribution in [0.4, 0.5) is 10.1 Å². The van der Waals surface area contributed by atoms with Crippen molar-refractivity contribution in [2.75, 3.05) is 5.32 Å². The Morgan fingerprint density at radius 1 is 1.20 bits per heavy atom. The smallest absolute Gasteiger partial charge is 0.237 e. The molecule has 0 saturated heterocycles. The maximum Gasteiger partial charge on any atom is 0.237 e. The van der Waals surface area contributed by atoms with Gasteiger partial charge < -0.3 is 5.32 Å². The minimum Gasteiger partial charge on any atom is -0.323 e. The molecular formula is C18H17FN4OS. The number of thioether (sulfide) groups is 1. The SMILES string of the molecule is Cc1ccccc1-n1cnnc1SC(C)C(=O)Nc1ccccc1F. The Morgan fingerprint density at radius 3 is 2.68 bits per heavy atom. The van der Waals surface area contributed by atoms with Gasteiger partial charge in [-0.1, -0.05) is 42.1 Å². The van der Waals surface area contributed by atoms with Crippen molar-refractivity contribution in [3.05, 3.63) is 66.2 Å². The summed E-state index contributed by atoms with van der Waals surface area (Å²) < 4.78 is 15.5. The normalized spacial score (nSPS) is 12.0. The summed E-state index contributed by atoms with van der Waals surface area (Å²) in [6, 6.07) is 13.9. The number of para-hydroxylation sites is 2. The molecule has 0 saturated carbocycles. The van der Waals surface area contributed by atoms with Crippen molar-refractivity contribution in [2.45, 2.75) is 24.3 Å². The first-order valence-electron chi connectivity index (χ1n) is 7.74. The van der Waals surface area contributed by atoms with Gasteiger partial charge in [0.1, 0.15) is 12.1 Å². The molecule has 5 nitrogen and oxygen atoms in total. The Bertz CT molecular complexity index is 896. The van der Waals surface area contributed by atoms with Gasteiger partial charge in [0.15, 0.2) is 5.16 Å². The molecule has 7 heteroatoms. The van der Waals surface area contributed by atoms with Gasteiger partial charge in [0.2, 0.25) is 5.91 Å². The predicted octanol–water partition coefficient (Wildman–Crippen LogP) is 3.83.